The Labute approximate surface area is 327 Å². The summed E-state index contributed by atoms with van der Waals surface area (Å²) in [5.74, 6) is 6.98. The minimum atomic E-state index is 0.254. The lowest BCUT2D eigenvalue weighted by molar-refractivity contribution is -0.112. The maximum Gasteiger partial charge on any atom is 0.142 e. The minimum Gasteiger partial charge on any atom is -0.497 e. The first-order valence-corrected chi connectivity index (χ1v) is 21.0. The summed E-state index contributed by atoms with van der Waals surface area (Å²) in [6, 6.07) is 14.3. The lowest BCUT2D eigenvalue weighted by Crippen LogP contribution is -2.25. The van der Waals surface area contributed by atoms with E-state index in [1.165, 1.54) is 94.9 Å². The van der Waals surface area contributed by atoms with E-state index < -0.39 is 0 Å². The summed E-state index contributed by atoms with van der Waals surface area (Å²) in [6.07, 6.45) is 27.2. The van der Waals surface area contributed by atoms with Gasteiger partial charge in [0, 0.05) is 31.4 Å². The van der Waals surface area contributed by atoms with Gasteiger partial charge in [-0.05, 0) is 161 Å². The quantitative estimate of drug-likeness (QED) is 0.0666. The second kappa shape index (κ2) is 27.2. The van der Waals surface area contributed by atoms with Gasteiger partial charge in [0.15, 0.2) is 0 Å². The van der Waals surface area contributed by atoms with Gasteiger partial charge in [-0.15, -0.1) is 0 Å². The normalized spacial score (nSPS) is 23.6. The molecule has 3 fully saturated rings. The van der Waals surface area contributed by atoms with E-state index in [1.54, 1.807) is 14.2 Å². The maximum atomic E-state index is 11.0. The molecule has 1 N–H and O–H groups in total. The average Bonchev–Trinajstić information content (AvgIpc) is 3.23. The molecular formula is C47H71NO6. The zero-order valence-corrected chi connectivity index (χ0v) is 33.8. The molecule has 54 heavy (non-hydrogen) atoms. The second-order valence-electron chi connectivity index (χ2n) is 15.7. The largest absolute Gasteiger partial charge is 0.497 e. The van der Waals surface area contributed by atoms with Gasteiger partial charge in [0.25, 0.3) is 0 Å². The molecule has 0 aromatic heterocycles. The standard InChI is InChI=1S/C30H45NO2.C14H22O3.C3H4O/c1-2-3-22-8-10-25(11-9-22)26-12-14-27(15-13-26)28-16-17-30(29(18-28)19-31)33-21-24-6-4-23(20-32)5-7-24;1-15-11-5-3-4-6-12-17-14-9-7-13(16-2)8-10-14;1-2-3-4/h16-20,22-27,31H,2-15,21H2,1H3;7-10H,3-6,11-12H2,1-2H3;2-3H,1H2. The third-order valence-corrected chi connectivity index (χ3v) is 11.9. The molecule has 3 saturated carbocycles. The summed E-state index contributed by atoms with van der Waals surface area (Å²) in [4.78, 5) is 20.0. The van der Waals surface area contributed by atoms with Gasteiger partial charge in [-0.3, -0.25) is 4.79 Å². The first-order valence-electron chi connectivity index (χ1n) is 21.0. The topological polar surface area (TPSA) is 94.9 Å². The van der Waals surface area contributed by atoms with Crippen molar-refractivity contribution in [2.45, 2.75) is 128 Å². The van der Waals surface area contributed by atoms with Gasteiger partial charge in [-0.1, -0.05) is 51.7 Å². The number of carbonyl (C=O) groups excluding carboxylic acids is 2. The Hall–Kier alpha value is -3.45. The van der Waals surface area contributed by atoms with Crippen LogP contribution in [0, 0.1) is 35.0 Å². The number of unbranched alkanes of at least 4 members (excludes halogenated alkanes) is 3. The molecule has 0 radical (unpaired) electrons. The lowest BCUT2D eigenvalue weighted by Gasteiger charge is -2.38. The van der Waals surface area contributed by atoms with Crippen LogP contribution in [0.2, 0.25) is 0 Å². The number of rotatable bonds is 19. The highest BCUT2D eigenvalue weighted by molar-refractivity contribution is 5.81. The Morgan fingerprint density at radius 1 is 0.722 bits per heavy atom. The van der Waals surface area contributed by atoms with E-state index in [1.807, 2.05) is 24.3 Å². The van der Waals surface area contributed by atoms with Crippen molar-refractivity contribution in [1.82, 2.24) is 0 Å². The number of nitrogens with one attached hydrogen (secondary N) is 1. The molecule has 0 spiro atoms. The molecule has 0 amide bonds. The van der Waals surface area contributed by atoms with Crippen LogP contribution in [0.5, 0.6) is 17.2 Å². The summed E-state index contributed by atoms with van der Waals surface area (Å²) in [7, 11) is 3.41. The van der Waals surface area contributed by atoms with Gasteiger partial charge < -0.3 is 29.2 Å². The fourth-order valence-corrected chi connectivity index (χ4v) is 8.61. The van der Waals surface area contributed by atoms with Crippen LogP contribution in [0.25, 0.3) is 0 Å². The Bertz CT molecular complexity index is 1300. The molecule has 0 unspecified atom stereocenters. The molecule has 0 saturated heterocycles. The first kappa shape index (κ1) is 44.9. The Balaban J connectivity index is 0.000000313. The van der Waals surface area contributed by atoms with Crippen molar-refractivity contribution in [2.75, 3.05) is 34.0 Å². The molecule has 2 aromatic rings. The van der Waals surface area contributed by atoms with E-state index in [4.69, 9.17) is 29.2 Å². The van der Waals surface area contributed by atoms with Gasteiger partial charge in [-0.25, -0.2) is 0 Å². The van der Waals surface area contributed by atoms with Crippen molar-refractivity contribution < 1.29 is 28.5 Å². The number of aldehydes is 2. The van der Waals surface area contributed by atoms with E-state index in [0.717, 1.165) is 98.6 Å². The number of methoxy groups -OCH3 is 2. The molecule has 0 heterocycles. The van der Waals surface area contributed by atoms with Gasteiger partial charge in [0.1, 0.15) is 29.8 Å². The number of allylic oxidation sites excluding steroid dienone is 1. The molecule has 300 valence electrons. The molecule has 2 aromatic carbocycles. The molecular weight excluding hydrogens is 675 g/mol. The van der Waals surface area contributed by atoms with Gasteiger partial charge in [0.2, 0.25) is 0 Å². The van der Waals surface area contributed by atoms with E-state index in [9.17, 15) is 4.79 Å². The van der Waals surface area contributed by atoms with Crippen LogP contribution in [0.1, 0.15) is 140 Å². The number of hydrogen-bond acceptors (Lipinski definition) is 7. The minimum absolute atomic E-state index is 0.254. The van der Waals surface area contributed by atoms with E-state index in [-0.39, 0.29) is 5.92 Å². The van der Waals surface area contributed by atoms with Gasteiger partial charge in [0.05, 0.1) is 20.3 Å². The van der Waals surface area contributed by atoms with Crippen molar-refractivity contribution in [3.05, 3.63) is 66.2 Å². The van der Waals surface area contributed by atoms with Crippen LogP contribution in [-0.2, 0) is 14.3 Å². The first-order chi connectivity index (χ1) is 26.5. The van der Waals surface area contributed by atoms with Crippen LogP contribution in [0.4, 0.5) is 0 Å². The van der Waals surface area contributed by atoms with Crippen molar-refractivity contribution in [3.8, 4) is 17.2 Å². The fourth-order valence-electron chi connectivity index (χ4n) is 8.61. The van der Waals surface area contributed by atoms with Crippen LogP contribution in [0.15, 0.2) is 55.1 Å². The molecule has 0 atom stereocenters. The molecule has 0 bridgehead atoms. The summed E-state index contributed by atoms with van der Waals surface area (Å²) in [5.41, 5.74) is 2.32. The Morgan fingerprint density at radius 2 is 1.31 bits per heavy atom. The highest BCUT2D eigenvalue weighted by Crippen LogP contribution is 2.45. The monoisotopic (exact) mass is 746 g/mol. The Morgan fingerprint density at radius 3 is 1.87 bits per heavy atom. The highest BCUT2D eigenvalue weighted by atomic mass is 16.5. The SMILES string of the molecule is C=CC=O.CCCC1CCC(C2CCC(c3ccc(OCC4CCC(C=O)CC4)c(C=N)c3)CC2)CC1.COCCCCCCOc1ccc(OC)cc1. The number of hydrogen-bond donors (Lipinski definition) is 1. The van der Waals surface area contributed by atoms with E-state index >= 15 is 0 Å². The van der Waals surface area contributed by atoms with Gasteiger partial charge in [-0.2, -0.15) is 0 Å². The molecule has 7 heteroatoms. The smallest absolute Gasteiger partial charge is 0.142 e. The van der Waals surface area contributed by atoms with Crippen molar-refractivity contribution in [2.24, 2.45) is 29.6 Å². The summed E-state index contributed by atoms with van der Waals surface area (Å²) < 4.78 is 21.9. The highest BCUT2D eigenvalue weighted by Gasteiger charge is 2.31. The zero-order chi connectivity index (χ0) is 38.8. The summed E-state index contributed by atoms with van der Waals surface area (Å²) in [6.45, 7) is 7.79. The molecule has 0 aliphatic heterocycles. The summed E-state index contributed by atoms with van der Waals surface area (Å²) >= 11 is 0. The average molecular weight is 746 g/mol. The number of carbonyl (C=O) groups is 2. The number of ether oxygens (including phenoxy) is 4. The molecule has 7 nitrogen and oxygen atoms in total. The van der Waals surface area contributed by atoms with Gasteiger partial charge >= 0.3 is 0 Å². The number of benzene rings is 2. The second-order valence-corrected chi connectivity index (χ2v) is 15.7. The summed E-state index contributed by atoms with van der Waals surface area (Å²) in [5, 5.41) is 7.94. The molecule has 3 aliphatic rings. The van der Waals surface area contributed by atoms with Crippen LogP contribution in [-0.4, -0.2) is 52.8 Å². The van der Waals surface area contributed by atoms with Crippen molar-refractivity contribution in [1.29, 1.82) is 5.41 Å². The van der Waals surface area contributed by atoms with Crippen LogP contribution in [0.3, 0.4) is 0 Å². The predicted molar refractivity (Wildman–Crippen MR) is 221 cm³/mol. The van der Waals surface area contributed by atoms with Crippen LogP contribution < -0.4 is 14.2 Å². The molecule has 3 aliphatic carbocycles. The van der Waals surface area contributed by atoms with E-state index in [0.29, 0.717) is 24.7 Å². The van der Waals surface area contributed by atoms with Crippen molar-refractivity contribution in [3.63, 3.8) is 0 Å². The third kappa shape index (κ3) is 16.5. The fraction of sp³-hybridized carbons (Fsp3) is 0.638. The third-order valence-electron chi connectivity index (χ3n) is 11.9. The van der Waals surface area contributed by atoms with E-state index in [2.05, 4.69) is 31.7 Å². The van der Waals surface area contributed by atoms with Crippen LogP contribution >= 0.6 is 0 Å². The maximum absolute atomic E-state index is 11.0. The molecule has 5 rings (SSSR count). The lowest BCUT2D eigenvalue weighted by atomic mass is 9.68. The Kier molecular flexibility index (Phi) is 22.6. The zero-order valence-electron chi connectivity index (χ0n) is 33.8. The van der Waals surface area contributed by atoms with Crippen molar-refractivity contribution >= 4 is 18.8 Å². The predicted octanol–water partition coefficient (Wildman–Crippen LogP) is 11.6.